The van der Waals surface area contributed by atoms with E-state index in [1.807, 2.05) is 6.07 Å². The lowest BCUT2D eigenvalue weighted by Crippen LogP contribution is -2.38. The number of hydrogen-bond acceptors (Lipinski definition) is 5. The van der Waals surface area contributed by atoms with Crippen molar-refractivity contribution in [1.82, 2.24) is 5.01 Å². The van der Waals surface area contributed by atoms with Crippen LogP contribution in [-0.4, -0.2) is 29.8 Å². The number of hydrogen-bond donors (Lipinski definition) is 0. The van der Waals surface area contributed by atoms with Crippen molar-refractivity contribution in [3.63, 3.8) is 0 Å². The number of rotatable bonds is 2. The molecule has 6 nitrogen and oxygen atoms in total. The summed E-state index contributed by atoms with van der Waals surface area (Å²) in [5.74, 6) is 0.917. The first-order valence-electron chi connectivity index (χ1n) is 8.22. The van der Waals surface area contributed by atoms with Crippen LogP contribution in [0.15, 0.2) is 35.5 Å². The molecule has 0 radical (unpaired) electrons. The van der Waals surface area contributed by atoms with E-state index >= 15 is 0 Å². The Balaban J connectivity index is 1.42. The van der Waals surface area contributed by atoms with Gasteiger partial charge in [0.2, 0.25) is 6.79 Å². The van der Waals surface area contributed by atoms with Gasteiger partial charge in [0.15, 0.2) is 11.5 Å². The zero-order chi connectivity index (χ0) is 16.3. The van der Waals surface area contributed by atoms with E-state index in [4.69, 9.17) is 9.47 Å². The molecular weight excluding hydrogens is 308 g/mol. The minimum absolute atomic E-state index is 0.166. The van der Waals surface area contributed by atoms with Crippen LogP contribution in [0, 0.1) is 23.7 Å². The monoisotopic (exact) mass is 324 g/mol. The van der Waals surface area contributed by atoms with E-state index in [1.54, 1.807) is 12.1 Å². The minimum Gasteiger partial charge on any atom is -0.454 e. The molecule has 0 aromatic heterocycles. The third-order valence-corrected chi connectivity index (χ3v) is 5.45. The molecule has 6 rings (SSSR count). The number of ether oxygens (including phenoxy) is 2. The van der Waals surface area contributed by atoms with Crippen molar-refractivity contribution >= 4 is 18.0 Å². The Hall–Kier alpha value is -2.63. The van der Waals surface area contributed by atoms with Crippen LogP contribution in [0.4, 0.5) is 0 Å². The van der Waals surface area contributed by atoms with Gasteiger partial charge in [0.25, 0.3) is 11.8 Å². The quantitative estimate of drug-likeness (QED) is 0.474. The normalized spacial score (nSPS) is 32.9. The fourth-order valence-electron chi connectivity index (χ4n) is 4.29. The summed E-state index contributed by atoms with van der Waals surface area (Å²) >= 11 is 0. The Morgan fingerprint density at radius 3 is 2.33 bits per heavy atom. The number of benzene rings is 1. The van der Waals surface area contributed by atoms with Crippen LogP contribution in [0.25, 0.3) is 0 Å². The van der Waals surface area contributed by atoms with E-state index in [0.29, 0.717) is 11.5 Å². The van der Waals surface area contributed by atoms with Gasteiger partial charge in [-0.2, -0.15) is 10.1 Å². The summed E-state index contributed by atoms with van der Waals surface area (Å²) in [5.41, 5.74) is 0.760. The molecule has 1 aromatic carbocycles. The largest absolute Gasteiger partial charge is 0.454 e. The van der Waals surface area contributed by atoms with Gasteiger partial charge < -0.3 is 9.47 Å². The predicted octanol–water partition coefficient (Wildman–Crippen LogP) is 1.95. The van der Waals surface area contributed by atoms with Gasteiger partial charge in [-0.05, 0) is 48.4 Å². The molecule has 2 aliphatic heterocycles. The van der Waals surface area contributed by atoms with Gasteiger partial charge in [-0.25, -0.2) is 0 Å². The van der Waals surface area contributed by atoms with Crippen LogP contribution in [0.1, 0.15) is 18.4 Å². The van der Waals surface area contributed by atoms with Crippen LogP contribution in [0.5, 0.6) is 11.5 Å². The fraction of sp³-hybridized carbons (Fsp3) is 0.389. The summed E-state index contributed by atoms with van der Waals surface area (Å²) in [7, 11) is 0. The maximum absolute atomic E-state index is 12.7. The van der Waals surface area contributed by atoms with E-state index in [-0.39, 0.29) is 42.3 Å². The number of allylic oxidation sites excluding steroid dienone is 2. The molecule has 2 heterocycles. The third kappa shape index (κ3) is 1.85. The lowest BCUT2D eigenvalue weighted by molar-refractivity contribution is -0.140. The Labute approximate surface area is 138 Å². The Morgan fingerprint density at radius 2 is 1.67 bits per heavy atom. The lowest BCUT2D eigenvalue weighted by atomic mass is 9.63. The van der Waals surface area contributed by atoms with Crippen molar-refractivity contribution in [2.24, 2.45) is 28.8 Å². The Kier molecular flexibility index (Phi) is 2.83. The van der Waals surface area contributed by atoms with Crippen molar-refractivity contribution in [2.75, 3.05) is 6.79 Å². The highest BCUT2D eigenvalue weighted by Gasteiger charge is 2.56. The number of carbonyl (C=O) groups excluding carboxylic acids is 2. The van der Waals surface area contributed by atoms with Crippen molar-refractivity contribution in [1.29, 1.82) is 0 Å². The van der Waals surface area contributed by atoms with Gasteiger partial charge in [-0.1, -0.05) is 12.2 Å². The van der Waals surface area contributed by atoms with Crippen molar-refractivity contribution in [3.05, 3.63) is 35.9 Å². The molecule has 1 saturated carbocycles. The van der Waals surface area contributed by atoms with Gasteiger partial charge in [0.05, 0.1) is 18.1 Å². The van der Waals surface area contributed by atoms with Gasteiger partial charge in [0.1, 0.15) is 0 Å². The Bertz CT molecular complexity index is 768. The summed E-state index contributed by atoms with van der Waals surface area (Å²) in [5, 5.41) is 5.25. The molecule has 0 unspecified atom stereocenters. The molecule has 2 bridgehead atoms. The molecule has 0 N–H and O–H groups in total. The number of amides is 2. The average Bonchev–Trinajstić information content (AvgIpc) is 3.18. The van der Waals surface area contributed by atoms with Gasteiger partial charge in [0, 0.05) is 0 Å². The molecule has 1 saturated heterocycles. The first-order valence-corrected chi connectivity index (χ1v) is 8.22. The second-order valence-electron chi connectivity index (χ2n) is 6.69. The minimum atomic E-state index is -0.227. The van der Waals surface area contributed by atoms with E-state index < -0.39 is 0 Å². The van der Waals surface area contributed by atoms with Crippen LogP contribution < -0.4 is 9.47 Å². The van der Waals surface area contributed by atoms with Crippen LogP contribution >= 0.6 is 0 Å². The smallest absolute Gasteiger partial charge is 0.254 e. The van der Waals surface area contributed by atoms with Crippen LogP contribution in [-0.2, 0) is 9.59 Å². The summed E-state index contributed by atoms with van der Waals surface area (Å²) in [6.07, 6.45) is 7.71. The first kappa shape index (κ1) is 13.8. The maximum Gasteiger partial charge on any atom is 0.254 e. The van der Waals surface area contributed by atoms with E-state index in [0.717, 1.165) is 23.4 Å². The topological polar surface area (TPSA) is 68.2 Å². The zero-order valence-electron chi connectivity index (χ0n) is 12.9. The lowest BCUT2D eigenvalue weighted by Gasteiger charge is -2.37. The molecule has 122 valence electrons. The standard InChI is InChI=1S/C18H16N2O4/c21-17-15-11-2-3-12(5-4-11)16(15)18(22)20(17)19-8-10-1-6-13-14(7-10)24-9-23-13/h1-3,6-8,11-12,15-16H,4-5,9H2/b19-8-/t11-,12+,15-,16+. The molecule has 2 fully saturated rings. The van der Waals surface area contributed by atoms with Gasteiger partial charge in [-0.3, -0.25) is 9.59 Å². The van der Waals surface area contributed by atoms with Crippen LogP contribution in [0.2, 0.25) is 0 Å². The molecule has 1 aromatic rings. The third-order valence-electron chi connectivity index (χ3n) is 5.45. The molecular formula is C18H16N2O4. The second kappa shape index (κ2) is 4.93. The molecule has 4 atom stereocenters. The second-order valence-corrected chi connectivity index (χ2v) is 6.69. The molecule has 5 aliphatic rings. The first-order chi connectivity index (χ1) is 11.7. The number of carbonyl (C=O) groups is 2. The fourth-order valence-corrected chi connectivity index (χ4v) is 4.29. The summed E-state index contributed by atoms with van der Waals surface area (Å²) in [6.45, 7) is 0.207. The predicted molar refractivity (Wildman–Crippen MR) is 84.3 cm³/mol. The molecule has 3 aliphatic carbocycles. The van der Waals surface area contributed by atoms with Gasteiger partial charge in [-0.15, -0.1) is 0 Å². The highest BCUT2D eigenvalue weighted by molar-refractivity contribution is 6.06. The van der Waals surface area contributed by atoms with E-state index in [2.05, 4.69) is 17.3 Å². The summed E-state index contributed by atoms with van der Waals surface area (Å²) < 4.78 is 10.6. The number of imide groups is 1. The summed E-state index contributed by atoms with van der Waals surface area (Å²) in [4.78, 5) is 25.3. The number of hydrazone groups is 1. The maximum atomic E-state index is 12.7. The van der Waals surface area contributed by atoms with Gasteiger partial charge >= 0.3 is 0 Å². The SMILES string of the molecule is O=C1[C@@H]2[C@H](C(=O)N1/N=C\c1ccc3c(c1)OCO3)[C@@H]1C=C[C@H]2CC1. The van der Waals surface area contributed by atoms with E-state index in [1.165, 1.54) is 6.21 Å². The highest BCUT2D eigenvalue weighted by Crippen LogP contribution is 2.49. The molecule has 0 spiro atoms. The average molecular weight is 324 g/mol. The molecule has 6 heteroatoms. The Morgan fingerprint density at radius 1 is 1.00 bits per heavy atom. The summed E-state index contributed by atoms with van der Waals surface area (Å²) in [6, 6.07) is 5.40. The van der Waals surface area contributed by atoms with Crippen molar-refractivity contribution in [3.8, 4) is 11.5 Å². The number of nitrogens with zero attached hydrogens (tertiary/aromatic N) is 2. The number of fused-ring (bicyclic) bond motifs is 2. The zero-order valence-corrected chi connectivity index (χ0v) is 12.9. The van der Waals surface area contributed by atoms with Crippen molar-refractivity contribution < 1.29 is 19.1 Å². The molecule has 2 amide bonds. The molecule has 24 heavy (non-hydrogen) atoms. The van der Waals surface area contributed by atoms with Crippen molar-refractivity contribution in [2.45, 2.75) is 12.8 Å². The highest BCUT2D eigenvalue weighted by atomic mass is 16.7. The van der Waals surface area contributed by atoms with Crippen LogP contribution in [0.3, 0.4) is 0 Å². The van der Waals surface area contributed by atoms with E-state index in [9.17, 15) is 9.59 Å².